The number of aromatic nitrogens is 2. The third-order valence-electron chi connectivity index (χ3n) is 3.10. The Labute approximate surface area is 105 Å². The van der Waals surface area contributed by atoms with Crippen molar-refractivity contribution in [1.29, 1.82) is 0 Å². The Kier molecular flexibility index (Phi) is 3.79. The molecular formula is C11H15ClFN3O. The second-order valence-electron chi connectivity index (χ2n) is 4.61. The predicted molar refractivity (Wildman–Crippen MR) is 63.6 cm³/mol. The van der Waals surface area contributed by atoms with Crippen LogP contribution in [0.25, 0.3) is 0 Å². The highest BCUT2D eigenvalue weighted by molar-refractivity contribution is 6.28. The summed E-state index contributed by atoms with van der Waals surface area (Å²) in [7, 11) is 0. The van der Waals surface area contributed by atoms with Crippen molar-refractivity contribution in [2.45, 2.75) is 19.8 Å². The average molecular weight is 260 g/mol. The Morgan fingerprint density at radius 3 is 2.94 bits per heavy atom. The lowest BCUT2D eigenvalue weighted by Crippen LogP contribution is -2.33. The van der Waals surface area contributed by atoms with E-state index in [9.17, 15) is 4.39 Å². The first-order valence-corrected chi connectivity index (χ1v) is 5.97. The number of rotatable bonds is 3. The summed E-state index contributed by atoms with van der Waals surface area (Å²) >= 11 is 5.62. The van der Waals surface area contributed by atoms with Crippen LogP contribution in [0.5, 0.6) is 0 Å². The van der Waals surface area contributed by atoms with E-state index >= 15 is 0 Å². The van der Waals surface area contributed by atoms with Crippen molar-refractivity contribution in [2.75, 3.05) is 25.1 Å². The molecule has 0 radical (unpaired) electrons. The lowest BCUT2D eigenvalue weighted by atomic mass is 9.82. The minimum absolute atomic E-state index is 0.0473. The third kappa shape index (κ3) is 3.26. The molecule has 0 unspecified atom stereocenters. The molecule has 4 nitrogen and oxygen atoms in total. The fraction of sp³-hybridized carbons (Fsp3) is 0.636. The third-order valence-corrected chi connectivity index (χ3v) is 3.28. The van der Waals surface area contributed by atoms with Crippen molar-refractivity contribution in [2.24, 2.45) is 5.41 Å². The molecule has 1 aromatic rings. The molecule has 1 saturated heterocycles. The van der Waals surface area contributed by atoms with Crippen molar-refractivity contribution in [3.8, 4) is 0 Å². The number of anilines is 1. The molecule has 0 bridgehead atoms. The lowest BCUT2D eigenvalue weighted by Gasteiger charge is -2.33. The topological polar surface area (TPSA) is 47.0 Å². The molecule has 1 N–H and O–H groups in total. The smallest absolute Gasteiger partial charge is 0.224 e. The van der Waals surface area contributed by atoms with Gasteiger partial charge in [0.05, 0.1) is 6.20 Å². The van der Waals surface area contributed by atoms with Crippen molar-refractivity contribution >= 4 is 17.4 Å². The van der Waals surface area contributed by atoms with E-state index in [0.29, 0.717) is 6.54 Å². The summed E-state index contributed by atoms with van der Waals surface area (Å²) in [5.41, 5.74) is 0.113. The van der Waals surface area contributed by atoms with Gasteiger partial charge in [-0.15, -0.1) is 0 Å². The van der Waals surface area contributed by atoms with Crippen molar-refractivity contribution in [3.05, 3.63) is 17.3 Å². The number of hydrogen-bond acceptors (Lipinski definition) is 4. The highest BCUT2D eigenvalue weighted by atomic mass is 35.5. The van der Waals surface area contributed by atoms with Gasteiger partial charge in [-0.05, 0) is 29.9 Å². The van der Waals surface area contributed by atoms with Crippen LogP contribution in [0.15, 0.2) is 6.20 Å². The van der Waals surface area contributed by atoms with Crippen LogP contribution in [0.1, 0.15) is 19.8 Å². The van der Waals surface area contributed by atoms with Gasteiger partial charge in [0.2, 0.25) is 5.28 Å². The molecule has 0 saturated carbocycles. The summed E-state index contributed by atoms with van der Waals surface area (Å²) < 4.78 is 18.7. The summed E-state index contributed by atoms with van der Waals surface area (Å²) in [5.74, 6) is -0.317. The van der Waals surface area contributed by atoms with Crippen LogP contribution in [0.2, 0.25) is 5.28 Å². The van der Waals surface area contributed by atoms with Crippen LogP contribution in [-0.4, -0.2) is 29.7 Å². The molecule has 6 heteroatoms. The zero-order chi connectivity index (χ0) is 12.3. The Bertz CT molecular complexity index is 396. The Morgan fingerprint density at radius 2 is 2.24 bits per heavy atom. The van der Waals surface area contributed by atoms with Gasteiger partial charge in [-0.2, -0.15) is 4.98 Å². The number of hydrogen-bond donors (Lipinski definition) is 1. The first kappa shape index (κ1) is 12.5. The van der Waals surface area contributed by atoms with E-state index < -0.39 is 5.82 Å². The zero-order valence-electron chi connectivity index (χ0n) is 9.67. The van der Waals surface area contributed by atoms with Gasteiger partial charge >= 0.3 is 0 Å². The molecule has 0 aliphatic carbocycles. The van der Waals surface area contributed by atoms with Gasteiger partial charge in [-0.3, -0.25) is 0 Å². The average Bonchev–Trinajstić information content (AvgIpc) is 2.31. The molecule has 1 fully saturated rings. The minimum atomic E-state index is -0.481. The van der Waals surface area contributed by atoms with Crippen molar-refractivity contribution < 1.29 is 9.13 Å². The highest BCUT2D eigenvalue weighted by Gasteiger charge is 2.27. The molecule has 0 atom stereocenters. The number of nitrogens with zero attached hydrogens (tertiary/aromatic N) is 2. The molecule has 1 aliphatic rings. The fourth-order valence-electron chi connectivity index (χ4n) is 1.81. The molecule has 2 rings (SSSR count). The SMILES string of the molecule is CC1(CNc2nc(Cl)ncc2F)CCOCC1. The van der Waals surface area contributed by atoms with Gasteiger partial charge in [0.15, 0.2) is 11.6 Å². The molecule has 2 heterocycles. The summed E-state index contributed by atoms with van der Waals surface area (Å²) in [6, 6.07) is 0. The molecule has 1 aromatic heterocycles. The van der Waals surface area contributed by atoms with E-state index in [1.807, 2.05) is 0 Å². The van der Waals surface area contributed by atoms with Gasteiger partial charge in [-0.1, -0.05) is 6.92 Å². The summed E-state index contributed by atoms with van der Waals surface area (Å²) in [6.07, 6.45) is 2.99. The van der Waals surface area contributed by atoms with E-state index in [1.54, 1.807) is 0 Å². The van der Waals surface area contributed by atoms with Crippen LogP contribution in [0, 0.1) is 11.2 Å². The molecule has 0 amide bonds. The monoisotopic (exact) mass is 259 g/mol. The van der Waals surface area contributed by atoms with Crippen molar-refractivity contribution in [1.82, 2.24) is 9.97 Å². The molecule has 0 spiro atoms. The summed E-state index contributed by atoms with van der Waals surface area (Å²) in [5, 5.41) is 3.05. The van der Waals surface area contributed by atoms with Gasteiger partial charge in [0.1, 0.15) is 0 Å². The second kappa shape index (κ2) is 5.14. The molecule has 17 heavy (non-hydrogen) atoms. The van der Waals surface area contributed by atoms with Crippen LogP contribution in [0.3, 0.4) is 0 Å². The molecule has 1 aliphatic heterocycles. The highest BCUT2D eigenvalue weighted by Crippen LogP contribution is 2.30. The Balaban J connectivity index is 1.99. The van der Waals surface area contributed by atoms with E-state index in [1.165, 1.54) is 0 Å². The quantitative estimate of drug-likeness (QED) is 0.848. The number of ether oxygens (including phenoxy) is 1. The van der Waals surface area contributed by atoms with E-state index in [2.05, 4.69) is 22.2 Å². The van der Waals surface area contributed by atoms with Gasteiger partial charge < -0.3 is 10.1 Å². The van der Waals surface area contributed by atoms with E-state index in [4.69, 9.17) is 16.3 Å². The predicted octanol–water partition coefficient (Wildman–Crippen LogP) is 2.50. The summed E-state index contributed by atoms with van der Waals surface area (Å²) in [4.78, 5) is 7.40. The fourth-order valence-corrected chi connectivity index (χ4v) is 1.94. The van der Waals surface area contributed by atoms with Gasteiger partial charge in [0.25, 0.3) is 0 Å². The first-order valence-electron chi connectivity index (χ1n) is 5.59. The number of nitrogens with one attached hydrogen (secondary N) is 1. The lowest BCUT2D eigenvalue weighted by molar-refractivity contribution is 0.0299. The number of halogens is 2. The standard InChI is InChI=1S/C11H15ClFN3O/c1-11(2-4-17-5-3-11)7-15-9-8(13)6-14-10(12)16-9/h6H,2-5,7H2,1H3,(H,14,15,16). The minimum Gasteiger partial charge on any atom is -0.381 e. The zero-order valence-corrected chi connectivity index (χ0v) is 10.4. The summed E-state index contributed by atoms with van der Waals surface area (Å²) in [6.45, 7) is 4.32. The van der Waals surface area contributed by atoms with E-state index in [0.717, 1.165) is 32.3 Å². The normalized spacial score (nSPS) is 19.0. The first-order chi connectivity index (χ1) is 8.09. The maximum atomic E-state index is 13.4. The van der Waals surface area contributed by atoms with Gasteiger partial charge in [-0.25, -0.2) is 9.37 Å². The van der Waals surface area contributed by atoms with Gasteiger partial charge in [0, 0.05) is 19.8 Å². The molecule has 94 valence electrons. The van der Waals surface area contributed by atoms with Crippen LogP contribution < -0.4 is 5.32 Å². The Morgan fingerprint density at radius 1 is 1.53 bits per heavy atom. The van der Waals surface area contributed by atoms with Crippen molar-refractivity contribution in [3.63, 3.8) is 0 Å². The largest absolute Gasteiger partial charge is 0.381 e. The molecular weight excluding hydrogens is 245 g/mol. The second-order valence-corrected chi connectivity index (χ2v) is 4.95. The van der Waals surface area contributed by atoms with Crippen LogP contribution >= 0.6 is 11.6 Å². The van der Waals surface area contributed by atoms with E-state index in [-0.39, 0.29) is 16.5 Å². The maximum absolute atomic E-state index is 13.4. The maximum Gasteiger partial charge on any atom is 0.224 e. The molecule has 0 aromatic carbocycles. The van der Waals surface area contributed by atoms with Crippen LogP contribution in [-0.2, 0) is 4.74 Å². The van der Waals surface area contributed by atoms with Crippen LogP contribution in [0.4, 0.5) is 10.2 Å². The Hall–Kier alpha value is -0.940.